The van der Waals surface area contributed by atoms with Crippen molar-refractivity contribution in [2.75, 3.05) is 13.1 Å². The van der Waals surface area contributed by atoms with Gasteiger partial charge in [-0.1, -0.05) is 42.9 Å². The monoisotopic (exact) mass is 418 g/mol. The highest BCUT2D eigenvalue weighted by Crippen LogP contribution is 2.91. The van der Waals surface area contributed by atoms with Gasteiger partial charge in [0, 0.05) is 36.2 Å². The van der Waals surface area contributed by atoms with Crippen molar-refractivity contribution >= 4 is 5.71 Å². The molecule has 1 saturated heterocycles. The Balaban J connectivity index is 1.16. The third kappa shape index (κ3) is 2.63. The summed E-state index contributed by atoms with van der Waals surface area (Å²) in [5.41, 5.74) is 7.79. The van der Waals surface area contributed by atoms with Gasteiger partial charge in [0.25, 0.3) is 0 Å². The van der Waals surface area contributed by atoms with E-state index in [-0.39, 0.29) is 0 Å². The Bertz CT molecular complexity index is 879. The molecule has 0 aromatic rings. The average molecular weight is 419 g/mol. The van der Waals surface area contributed by atoms with Crippen LogP contribution < -0.4 is 5.32 Å². The minimum Gasteiger partial charge on any atom is -0.310 e. The first-order chi connectivity index (χ1) is 14.9. The molecule has 2 heteroatoms. The van der Waals surface area contributed by atoms with Crippen molar-refractivity contribution in [2.24, 2.45) is 39.0 Å². The zero-order chi connectivity index (χ0) is 21.4. The lowest BCUT2D eigenvalue weighted by Gasteiger charge is -2.45. The Morgan fingerprint density at radius 3 is 2.81 bits per heavy atom. The van der Waals surface area contributed by atoms with Crippen molar-refractivity contribution in [3.05, 3.63) is 36.0 Å². The van der Waals surface area contributed by atoms with Gasteiger partial charge >= 0.3 is 0 Å². The molecule has 1 N–H and O–H groups in total. The molecule has 0 amide bonds. The fourth-order valence-electron chi connectivity index (χ4n) is 10.1. The Hall–Kier alpha value is -1.15. The van der Waals surface area contributed by atoms with Gasteiger partial charge < -0.3 is 5.32 Å². The second kappa shape index (κ2) is 6.92. The van der Waals surface area contributed by atoms with Gasteiger partial charge in [0.05, 0.1) is 0 Å². The summed E-state index contributed by atoms with van der Waals surface area (Å²) in [7, 11) is 0. The lowest BCUT2D eigenvalue weighted by Crippen LogP contribution is -2.40. The molecule has 0 aromatic heterocycles. The first-order valence-corrected chi connectivity index (χ1v) is 13.2. The number of nitrogens with one attached hydrogen (secondary N) is 1. The summed E-state index contributed by atoms with van der Waals surface area (Å²) in [6.45, 7) is 15.5. The predicted molar refractivity (Wildman–Crippen MR) is 130 cm³/mol. The van der Waals surface area contributed by atoms with Crippen molar-refractivity contribution in [2.45, 2.75) is 90.5 Å². The minimum absolute atomic E-state index is 0.488. The van der Waals surface area contributed by atoms with Gasteiger partial charge in [-0.2, -0.15) is 0 Å². The number of fused-ring (bicyclic) bond motifs is 1. The fourth-order valence-corrected chi connectivity index (χ4v) is 10.1. The maximum Gasteiger partial charge on any atom is 0.0389 e. The van der Waals surface area contributed by atoms with E-state index in [0.717, 1.165) is 30.8 Å². The van der Waals surface area contributed by atoms with Gasteiger partial charge in [-0.25, -0.2) is 0 Å². The number of allylic oxidation sites excluding steroid dienone is 3. The van der Waals surface area contributed by atoms with Crippen LogP contribution in [0.15, 0.2) is 40.9 Å². The molecule has 6 aliphatic rings. The van der Waals surface area contributed by atoms with Crippen molar-refractivity contribution in [1.29, 1.82) is 0 Å². The topological polar surface area (TPSA) is 24.4 Å². The number of aliphatic imine (C=N–C) groups is 1. The molecular weight excluding hydrogens is 376 g/mol. The molecule has 1 aliphatic heterocycles. The van der Waals surface area contributed by atoms with E-state index >= 15 is 0 Å². The largest absolute Gasteiger partial charge is 0.310 e. The molecule has 0 aromatic carbocycles. The normalized spacial score (nSPS) is 48.2. The average Bonchev–Trinajstić information content (AvgIpc) is 3.12. The Labute approximate surface area is 189 Å². The van der Waals surface area contributed by atoms with Crippen molar-refractivity contribution < 1.29 is 0 Å². The first-order valence-electron chi connectivity index (χ1n) is 13.2. The van der Waals surface area contributed by atoms with Gasteiger partial charge in [0.1, 0.15) is 0 Å². The molecule has 2 nitrogen and oxygen atoms in total. The molecule has 0 bridgehead atoms. The second-order valence-electron chi connectivity index (χ2n) is 12.3. The highest BCUT2D eigenvalue weighted by Gasteiger charge is 2.84. The number of nitrogens with zero attached hydrogens (tertiary/aromatic N) is 1. The highest BCUT2D eigenvalue weighted by molar-refractivity contribution is 5.85. The van der Waals surface area contributed by atoms with E-state index in [2.05, 4.69) is 38.4 Å². The Morgan fingerprint density at radius 1 is 1.13 bits per heavy atom. The van der Waals surface area contributed by atoms with Crippen LogP contribution in [0, 0.1) is 34.0 Å². The van der Waals surface area contributed by atoms with Crippen LogP contribution in [0.2, 0.25) is 0 Å². The molecule has 0 radical (unpaired) electrons. The second-order valence-corrected chi connectivity index (χ2v) is 12.3. The van der Waals surface area contributed by atoms with Crippen LogP contribution in [0.25, 0.3) is 0 Å². The van der Waals surface area contributed by atoms with Crippen LogP contribution in [0.3, 0.4) is 0 Å². The summed E-state index contributed by atoms with van der Waals surface area (Å²) < 4.78 is 0. The maximum atomic E-state index is 5.18. The zero-order valence-corrected chi connectivity index (χ0v) is 19.9. The molecule has 31 heavy (non-hydrogen) atoms. The molecule has 5 aliphatic carbocycles. The Kier molecular flexibility index (Phi) is 4.57. The van der Waals surface area contributed by atoms with Crippen LogP contribution in [0.4, 0.5) is 0 Å². The molecule has 7 atom stereocenters. The van der Waals surface area contributed by atoms with Crippen LogP contribution in [0.5, 0.6) is 0 Å². The molecule has 5 fully saturated rings. The van der Waals surface area contributed by atoms with Crippen molar-refractivity contribution in [1.82, 2.24) is 5.32 Å². The van der Waals surface area contributed by atoms with Gasteiger partial charge in [0.2, 0.25) is 0 Å². The lowest BCUT2D eigenvalue weighted by atomic mass is 9.59. The zero-order valence-electron chi connectivity index (χ0n) is 19.9. The van der Waals surface area contributed by atoms with E-state index in [1.165, 1.54) is 87.5 Å². The number of hydrogen-bond donors (Lipinski definition) is 1. The summed E-state index contributed by atoms with van der Waals surface area (Å²) in [5, 5.41) is 3.59. The predicted octanol–water partition coefficient (Wildman–Crippen LogP) is 6.64. The third-order valence-electron chi connectivity index (χ3n) is 11.2. The van der Waals surface area contributed by atoms with E-state index in [9.17, 15) is 0 Å². The lowest BCUT2D eigenvalue weighted by molar-refractivity contribution is 0.0525. The van der Waals surface area contributed by atoms with E-state index in [0.29, 0.717) is 22.3 Å². The van der Waals surface area contributed by atoms with Crippen molar-refractivity contribution in [3.63, 3.8) is 0 Å². The Morgan fingerprint density at radius 2 is 2.00 bits per heavy atom. The summed E-state index contributed by atoms with van der Waals surface area (Å²) in [6, 6.07) is 0.646. The molecule has 168 valence electrons. The maximum absolute atomic E-state index is 5.18. The molecule has 6 rings (SSSR count). The minimum atomic E-state index is 0.488. The standard InChI is InChI=1S/C29H42N2/c1-19-9-13-28-22(16-19)10-14-29(28)25-8-7-24(27(25,4)12-11-26(28)29)21(3)30-15-5-6-23-17-20(2)18-31-23/h16,23-26,31H,1-2,5-15,17-18H2,3-4H3. The van der Waals surface area contributed by atoms with Crippen LogP contribution in [0.1, 0.15) is 84.5 Å². The van der Waals surface area contributed by atoms with Gasteiger partial charge in [0.15, 0.2) is 0 Å². The van der Waals surface area contributed by atoms with E-state index < -0.39 is 0 Å². The summed E-state index contributed by atoms with van der Waals surface area (Å²) in [6.07, 6.45) is 17.4. The van der Waals surface area contributed by atoms with Gasteiger partial charge in [-0.05, 0) is 100 Å². The molecule has 1 heterocycles. The van der Waals surface area contributed by atoms with Crippen molar-refractivity contribution in [3.8, 4) is 0 Å². The molecule has 2 spiro atoms. The summed E-state index contributed by atoms with van der Waals surface area (Å²) in [4.78, 5) is 5.18. The quantitative estimate of drug-likeness (QED) is 0.302. The summed E-state index contributed by atoms with van der Waals surface area (Å²) in [5.74, 6) is 2.65. The van der Waals surface area contributed by atoms with Crippen LogP contribution in [-0.2, 0) is 0 Å². The van der Waals surface area contributed by atoms with Gasteiger partial charge in [-0.3, -0.25) is 4.99 Å². The number of hydrogen-bond acceptors (Lipinski definition) is 2. The van der Waals surface area contributed by atoms with E-state index in [4.69, 9.17) is 4.99 Å². The molecular formula is C29H42N2. The molecule has 4 saturated carbocycles. The molecule has 7 unspecified atom stereocenters. The van der Waals surface area contributed by atoms with Crippen LogP contribution in [-0.4, -0.2) is 24.8 Å². The first kappa shape index (κ1) is 20.5. The van der Waals surface area contributed by atoms with Crippen LogP contribution >= 0.6 is 0 Å². The smallest absolute Gasteiger partial charge is 0.0389 e. The SMILES string of the molecule is C=C1C=C2CCC34C5CCC(C(C)=NCCCC6CC(=C)CN6)C5(C)CCC3C24CC1. The third-order valence-corrected chi connectivity index (χ3v) is 11.2. The van der Waals surface area contributed by atoms with E-state index in [1.807, 2.05) is 5.57 Å². The van der Waals surface area contributed by atoms with Gasteiger partial charge in [-0.15, -0.1) is 0 Å². The number of rotatable bonds is 5. The highest BCUT2D eigenvalue weighted by atomic mass is 14.9. The fraction of sp³-hybridized carbons (Fsp3) is 0.759. The summed E-state index contributed by atoms with van der Waals surface area (Å²) >= 11 is 0. The van der Waals surface area contributed by atoms with E-state index in [1.54, 1.807) is 0 Å².